The van der Waals surface area contributed by atoms with E-state index in [0.29, 0.717) is 6.42 Å². The molecule has 0 aliphatic heterocycles. The van der Waals surface area contributed by atoms with Gasteiger partial charge in [0.15, 0.2) is 0 Å². The van der Waals surface area contributed by atoms with Crippen LogP contribution in [0.4, 0.5) is 12.9 Å². The van der Waals surface area contributed by atoms with E-state index in [0.717, 1.165) is 11.1 Å². The first-order valence-electron chi connectivity index (χ1n) is 6.95. The Labute approximate surface area is 171 Å². The molecular formula is C16H17BF3KO. The van der Waals surface area contributed by atoms with Crippen LogP contribution in [0.1, 0.15) is 17.5 Å². The summed E-state index contributed by atoms with van der Waals surface area (Å²) in [7, 11) is 0. The molecule has 0 amide bonds. The molecule has 0 radical (unpaired) electrons. The molecule has 0 N–H and O–H groups in total. The van der Waals surface area contributed by atoms with E-state index < -0.39 is 13.0 Å². The van der Waals surface area contributed by atoms with Gasteiger partial charge in [-0.25, -0.2) is 0 Å². The Kier molecular flexibility index (Phi) is 8.97. The van der Waals surface area contributed by atoms with Gasteiger partial charge in [-0.05, 0) is 24.0 Å². The minimum absolute atomic E-state index is 0. The van der Waals surface area contributed by atoms with E-state index >= 15 is 0 Å². The van der Waals surface area contributed by atoms with Gasteiger partial charge in [-0.3, -0.25) is 0 Å². The van der Waals surface area contributed by atoms with E-state index in [-0.39, 0.29) is 64.4 Å². The molecule has 1 atom stereocenters. The molecule has 6 heteroatoms. The first kappa shape index (κ1) is 19.9. The van der Waals surface area contributed by atoms with Gasteiger partial charge in [-0.15, -0.1) is 0 Å². The SMILES string of the molecule is F[B-](F)(F)[C@@H](CCc1ccccc1)OCc1ccccc1.[K+]. The Morgan fingerprint density at radius 2 is 1.32 bits per heavy atom. The third-order valence-corrected chi connectivity index (χ3v) is 3.29. The molecular weight excluding hydrogens is 315 g/mol. The van der Waals surface area contributed by atoms with Gasteiger partial charge in [0, 0.05) is 6.00 Å². The number of hydrogen-bond acceptors (Lipinski definition) is 1. The van der Waals surface area contributed by atoms with Crippen molar-refractivity contribution in [3.8, 4) is 0 Å². The van der Waals surface area contributed by atoms with Crippen LogP contribution < -0.4 is 51.4 Å². The van der Waals surface area contributed by atoms with E-state index in [1.807, 2.05) is 36.4 Å². The third-order valence-electron chi connectivity index (χ3n) is 3.29. The Hall–Kier alpha value is -0.109. The first-order valence-corrected chi connectivity index (χ1v) is 6.95. The van der Waals surface area contributed by atoms with E-state index in [2.05, 4.69) is 0 Å². The summed E-state index contributed by atoms with van der Waals surface area (Å²) in [5.74, 6) is 0. The van der Waals surface area contributed by atoms with Crippen molar-refractivity contribution in [2.75, 3.05) is 0 Å². The molecule has 112 valence electrons. The van der Waals surface area contributed by atoms with Gasteiger partial charge < -0.3 is 17.7 Å². The second-order valence-corrected chi connectivity index (χ2v) is 4.98. The molecule has 0 fully saturated rings. The molecule has 0 bridgehead atoms. The van der Waals surface area contributed by atoms with E-state index in [1.165, 1.54) is 0 Å². The Morgan fingerprint density at radius 3 is 1.82 bits per heavy atom. The Bertz CT molecular complexity index is 491. The van der Waals surface area contributed by atoms with Gasteiger partial charge in [0.1, 0.15) is 0 Å². The van der Waals surface area contributed by atoms with Crippen LogP contribution >= 0.6 is 0 Å². The van der Waals surface area contributed by atoms with Crippen molar-refractivity contribution in [3.63, 3.8) is 0 Å². The number of hydrogen-bond donors (Lipinski definition) is 0. The van der Waals surface area contributed by atoms with Crippen LogP contribution in [0, 0.1) is 0 Å². The molecule has 0 aliphatic carbocycles. The van der Waals surface area contributed by atoms with Crippen molar-refractivity contribution < 1.29 is 69.1 Å². The maximum Gasteiger partial charge on any atom is 1.00 e. The Morgan fingerprint density at radius 1 is 0.818 bits per heavy atom. The van der Waals surface area contributed by atoms with Crippen molar-refractivity contribution in [2.24, 2.45) is 0 Å². The molecule has 0 saturated carbocycles. The number of aryl methyl sites for hydroxylation is 1. The fourth-order valence-electron chi connectivity index (χ4n) is 2.11. The summed E-state index contributed by atoms with van der Waals surface area (Å²) >= 11 is 0. The van der Waals surface area contributed by atoms with Crippen molar-refractivity contribution in [3.05, 3.63) is 71.8 Å². The zero-order valence-electron chi connectivity index (χ0n) is 12.6. The summed E-state index contributed by atoms with van der Waals surface area (Å²) in [6.45, 7) is -5.02. The topological polar surface area (TPSA) is 9.23 Å². The second kappa shape index (κ2) is 9.90. The monoisotopic (exact) mass is 332 g/mol. The van der Waals surface area contributed by atoms with Crippen LogP contribution in [0.2, 0.25) is 0 Å². The maximum absolute atomic E-state index is 13.1. The first-order chi connectivity index (χ1) is 10.1. The Balaban J connectivity index is 0.00000242. The van der Waals surface area contributed by atoms with Gasteiger partial charge in [0.2, 0.25) is 0 Å². The van der Waals surface area contributed by atoms with Gasteiger partial charge in [0.25, 0.3) is 0 Å². The van der Waals surface area contributed by atoms with E-state index in [1.54, 1.807) is 24.3 Å². The van der Waals surface area contributed by atoms with E-state index in [9.17, 15) is 12.9 Å². The standard InChI is InChI=1S/C16H17BF3O.K/c18-17(19,20)16(12-11-14-7-3-1-4-8-14)21-13-15-9-5-2-6-10-15;/h1-10,16H,11-13H2;/q-1;+1/t16-;/m1./s1. The van der Waals surface area contributed by atoms with Crippen molar-refractivity contribution >= 4 is 6.98 Å². The van der Waals surface area contributed by atoms with Crippen molar-refractivity contribution in [1.82, 2.24) is 0 Å². The molecule has 0 unspecified atom stereocenters. The minimum atomic E-state index is -5.01. The van der Waals surface area contributed by atoms with Crippen LogP contribution in [0.3, 0.4) is 0 Å². The molecule has 1 nitrogen and oxygen atoms in total. The fraction of sp³-hybridized carbons (Fsp3) is 0.250. The maximum atomic E-state index is 13.1. The summed E-state index contributed by atoms with van der Waals surface area (Å²) in [4.78, 5) is 0. The molecule has 0 saturated heterocycles. The van der Waals surface area contributed by atoms with E-state index in [4.69, 9.17) is 4.74 Å². The second-order valence-electron chi connectivity index (χ2n) is 4.98. The zero-order valence-corrected chi connectivity index (χ0v) is 15.7. The van der Waals surface area contributed by atoms with Crippen LogP contribution in [-0.2, 0) is 17.8 Å². The molecule has 0 aliphatic rings. The van der Waals surface area contributed by atoms with Crippen molar-refractivity contribution in [1.29, 1.82) is 0 Å². The van der Waals surface area contributed by atoms with Crippen LogP contribution in [-0.4, -0.2) is 13.0 Å². The van der Waals surface area contributed by atoms with Gasteiger partial charge in [-0.1, -0.05) is 60.7 Å². The summed E-state index contributed by atoms with van der Waals surface area (Å²) in [6, 6.07) is 16.4. The molecule has 2 rings (SSSR count). The third kappa shape index (κ3) is 6.98. The number of halogens is 3. The predicted octanol–water partition coefficient (Wildman–Crippen LogP) is 1.60. The smallest absolute Gasteiger partial charge is 0.447 e. The molecule has 0 spiro atoms. The zero-order chi connectivity index (χ0) is 15.1. The molecule has 2 aromatic carbocycles. The van der Waals surface area contributed by atoms with Crippen LogP contribution in [0.25, 0.3) is 0 Å². The number of benzene rings is 2. The van der Waals surface area contributed by atoms with Gasteiger partial charge in [0.05, 0.1) is 6.61 Å². The average molecular weight is 332 g/mol. The summed E-state index contributed by atoms with van der Waals surface area (Å²) in [5, 5.41) is 0. The average Bonchev–Trinajstić information content (AvgIpc) is 2.48. The molecule has 2 aromatic rings. The summed E-state index contributed by atoms with van der Waals surface area (Å²) in [6.07, 6.45) is 0.321. The van der Waals surface area contributed by atoms with Crippen LogP contribution in [0.5, 0.6) is 0 Å². The predicted molar refractivity (Wildman–Crippen MR) is 78.9 cm³/mol. The molecule has 0 heterocycles. The number of ether oxygens (including phenoxy) is 1. The quantitative estimate of drug-likeness (QED) is 0.700. The largest absolute Gasteiger partial charge is 1.00 e. The van der Waals surface area contributed by atoms with Gasteiger partial charge in [-0.2, -0.15) is 0 Å². The van der Waals surface area contributed by atoms with Crippen LogP contribution in [0.15, 0.2) is 60.7 Å². The molecule has 22 heavy (non-hydrogen) atoms. The summed E-state index contributed by atoms with van der Waals surface area (Å²) < 4.78 is 44.3. The fourth-order valence-corrected chi connectivity index (χ4v) is 2.11. The molecule has 0 aromatic heterocycles. The van der Waals surface area contributed by atoms with Crippen molar-refractivity contribution in [2.45, 2.75) is 25.5 Å². The normalized spacial score (nSPS) is 12.5. The summed E-state index contributed by atoms with van der Waals surface area (Å²) in [5.41, 5.74) is 1.65. The number of rotatable bonds is 7. The van der Waals surface area contributed by atoms with Gasteiger partial charge >= 0.3 is 58.4 Å². The minimum Gasteiger partial charge on any atom is -0.447 e.